The molecular formula is C10H19NO2. The van der Waals surface area contributed by atoms with Crippen LogP contribution >= 0.6 is 0 Å². The molecular weight excluding hydrogens is 166 g/mol. The van der Waals surface area contributed by atoms with E-state index in [1.165, 1.54) is 19.3 Å². The SMILES string of the molecule is CO[C@@H]1CN(CC2CCC2)C[C@H]1O. The Morgan fingerprint density at radius 2 is 2.15 bits per heavy atom. The largest absolute Gasteiger partial charge is 0.389 e. The Morgan fingerprint density at radius 1 is 1.38 bits per heavy atom. The van der Waals surface area contributed by atoms with Crippen molar-refractivity contribution in [2.45, 2.75) is 31.5 Å². The van der Waals surface area contributed by atoms with E-state index in [1.54, 1.807) is 7.11 Å². The van der Waals surface area contributed by atoms with Crippen LogP contribution in [0.5, 0.6) is 0 Å². The van der Waals surface area contributed by atoms with Crippen LogP contribution in [0.1, 0.15) is 19.3 Å². The number of aliphatic hydroxyl groups is 1. The summed E-state index contributed by atoms with van der Waals surface area (Å²) in [4.78, 5) is 2.34. The highest BCUT2D eigenvalue weighted by Crippen LogP contribution is 2.28. The third-order valence-corrected chi connectivity index (χ3v) is 3.36. The molecule has 1 saturated carbocycles. The van der Waals surface area contributed by atoms with Gasteiger partial charge in [0.2, 0.25) is 0 Å². The second-order valence-corrected chi connectivity index (χ2v) is 4.36. The lowest BCUT2D eigenvalue weighted by atomic mass is 9.85. The van der Waals surface area contributed by atoms with Gasteiger partial charge in [0.15, 0.2) is 0 Å². The van der Waals surface area contributed by atoms with Crippen LogP contribution in [0.15, 0.2) is 0 Å². The van der Waals surface area contributed by atoms with Crippen molar-refractivity contribution in [3.05, 3.63) is 0 Å². The van der Waals surface area contributed by atoms with Crippen molar-refractivity contribution in [1.29, 1.82) is 0 Å². The van der Waals surface area contributed by atoms with E-state index in [1.807, 2.05) is 0 Å². The molecule has 3 nitrogen and oxygen atoms in total. The van der Waals surface area contributed by atoms with Gasteiger partial charge >= 0.3 is 0 Å². The van der Waals surface area contributed by atoms with Gasteiger partial charge in [-0.25, -0.2) is 0 Å². The molecule has 0 amide bonds. The first kappa shape index (κ1) is 9.44. The molecule has 2 rings (SSSR count). The Kier molecular flexibility index (Phi) is 2.86. The molecule has 0 bridgehead atoms. The number of methoxy groups -OCH3 is 1. The normalized spacial score (nSPS) is 36.5. The zero-order valence-electron chi connectivity index (χ0n) is 8.28. The van der Waals surface area contributed by atoms with Gasteiger partial charge < -0.3 is 9.84 Å². The predicted octanol–water partition coefficient (Wildman–Crippen LogP) is 0.478. The van der Waals surface area contributed by atoms with Gasteiger partial charge in [0, 0.05) is 26.7 Å². The fourth-order valence-electron chi connectivity index (χ4n) is 2.25. The van der Waals surface area contributed by atoms with Crippen molar-refractivity contribution < 1.29 is 9.84 Å². The summed E-state index contributed by atoms with van der Waals surface area (Å²) in [7, 11) is 1.68. The molecule has 1 N–H and O–H groups in total. The van der Waals surface area contributed by atoms with Crippen LogP contribution in [0.4, 0.5) is 0 Å². The molecule has 0 radical (unpaired) electrons. The number of β-amino-alcohol motifs (C(OH)–C–C–N with tert-alkyl or cyclic N) is 1. The highest BCUT2D eigenvalue weighted by molar-refractivity contribution is 4.86. The van der Waals surface area contributed by atoms with E-state index in [-0.39, 0.29) is 12.2 Å². The first-order chi connectivity index (χ1) is 6.29. The molecule has 1 aliphatic heterocycles. The lowest BCUT2D eigenvalue weighted by Gasteiger charge is -2.29. The number of ether oxygens (including phenoxy) is 1. The minimum atomic E-state index is -0.273. The van der Waals surface area contributed by atoms with Crippen LogP contribution in [0.2, 0.25) is 0 Å². The Labute approximate surface area is 79.7 Å². The lowest BCUT2D eigenvalue weighted by Crippen LogP contribution is -2.31. The second-order valence-electron chi connectivity index (χ2n) is 4.36. The summed E-state index contributed by atoms with van der Waals surface area (Å²) >= 11 is 0. The quantitative estimate of drug-likeness (QED) is 0.694. The van der Waals surface area contributed by atoms with Gasteiger partial charge in [-0.3, -0.25) is 4.90 Å². The zero-order valence-corrected chi connectivity index (χ0v) is 8.28. The fourth-order valence-corrected chi connectivity index (χ4v) is 2.25. The van der Waals surface area contributed by atoms with E-state index in [2.05, 4.69) is 4.90 Å². The van der Waals surface area contributed by atoms with Crippen molar-refractivity contribution in [3.8, 4) is 0 Å². The number of aliphatic hydroxyl groups excluding tert-OH is 1. The number of likely N-dealkylation sites (tertiary alicyclic amines) is 1. The van der Waals surface area contributed by atoms with Gasteiger partial charge in [0.25, 0.3) is 0 Å². The Bertz CT molecular complexity index is 168. The third kappa shape index (κ3) is 2.03. The van der Waals surface area contributed by atoms with Gasteiger partial charge in [-0.2, -0.15) is 0 Å². The standard InChI is InChI=1S/C10H19NO2/c1-13-10-7-11(6-9(10)12)5-8-3-2-4-8/h8-10,12H,2-7H2,1H3/t9-,10-/m1/s1. The van der Waals surface area contributed by atoms with Gasteiger partial charge in [-0.05, 0) is 18.8 Å². The van der Waals surface area contributed by atoms with E-state index in [0.29, 0.717) is 0 Å². The van der Waals surface area contributed by atoms with Gasteiger partial charge in [-0.15, -0.1) is 0 Å². The Hall–Kier alpha value is -0.120. The van der Waals surface area contributed by atoms with E-state index in [4.69, 9.17) is 4.74 Å². The number of hydrogen-bond donors (Lipinski definition) is 1. The highest BCUT2D eigenvalue weighted by Gasteiger charge is 2.33. The molecule has 0 unspecified atom stereocenters. The van der Waals surface area contributed by atoms with Gasteiger partial charge in [-0.1, -0.05) is 6.42 Å². The van der Waals surface area contributed by atoms with Gasteiger partial charge in [0.05, 0.1) is 12.2 Å². The molecule has 0 aromatic rings. The smallest absolute Gasteiger partial charge is 0.0969 e. The molecule has 2 fully saturated rings. The van der Waals surface area contributed by atoms with Crippen LogP contribution in [0.25, 0.3) is 0 Å². The molecule has 0 aromatic heterocycles. The molecule has 1 saturated heterocycles. The van der Waals surface area contributed by atoms with Crippen LogP contribution < -0.4 is 0 Å². The minimum absolute atomic E-state index is 0.0417. The molecule has 2 aliphatic rings. The van der Waals surface area contributed by atoms with Crippen molar-refractivity contribution in [2.75, 3.05) is 26.7 Å². The maximum Gasteiger partial charge on any atom is 0.0969 e. The van der Waals surface area contributed by atoms with Crippen LogP contribution in [0, 0.1) is 5.92 Å². The highest BCUT2D eigenvalue weighted by atomic mass is 16.5. The summed E-state index contributed by atoms with van der Waals surface area (Å²) in [6, 6.07) is 0. The van der Waals surface area contributed by atoms with E-state index < -0.39 is 0 Å². The summed E-state index contributed by atoms with van der Waals surface area (Å²) in [5.74, 6) is 0.891. The molecule has 0 spiro atoms. The number of rotatable bonds is 3. The molecule has 0 aromatic carbocycles. The predicted molar refractivity (Wildman–Crippen MR) is 50.6 cm³/mol. The van der Waals surface area contributed by atoms with E-state index in [0.717, 1.165) is 25.6 Å². The van der Waals surface area contributed by atoms with Crippen LogP contribution in [-0.4, -0.2) is 49.0 Å². The second kappa shape index (κ2) is 3.95. The van der Waals surface area contributed by atoms with Crippen molar-refractivity contribution in [3.63, 3.8) is 0 Å². The van der Waals surface area contributed by atoms with Crippen molar-refractivity contribution in [2.24, 2.45) is 5.92 Å². The summed E-state index contributed by atoms with van der Waals surface area (Å²) in [6.07, 6.45) is 3.92. The van der Waals surface area contributed by atoms with Gasteiger partial charge in [0.1, 0.15) is 0 Å². The average molecular weight is 185 g/mol. The monoisotopic (exact) mass is 185 g/mol. The maximum atomic E-state index is 9.60. The topological polar surface area (TPSA) is 32.7 Å². The summed E-state index contributed by atoms with van der Waals surface area (Å²) in [5, 5.41) is 9.60. The molecule has 13 heavy (non-hydrogen) atoms. The lowest BCUT2D eigenvalue weighted by molar-refractivity contribution is 0.0214. The first-order valence-corrected chi connectivity index (χ1v) is 5.23. The van der Waals surface area contributed by atoms with Crippen molar-refractivity contribution in [1.82, 2.24) is 4.90 Å². The zero-order chi connectivity index (χ0) is 9.26. The minimum Gasteiger partial charge on any atom is -0.389 e. The molecule has 1 aliphatic carbocycles. The molecule has 2 atom stereocenters. The van der Waals surface area contributed by atoms with E-state index in [9.17, 15) is 5.11 Å². The Morgan fingerprint density at radius 3 is 2.62 bits per heavy atom. The maximum absolute atomic E-state index is 9.60. The fraction of sp³-hybridized carbons (Fsp3) is 1.00. The van der Waals surface area contributed by atoms with E-state index >= 15 is 0 Å². The van der Waals surface area contributed by atoms with Crippen LogP contribution in [0.3, 0.4) is 0 Å². The number of hydrogen-bond acceptors (Lipinski definition) is 3. The average Bonchev–Trinajstić information content (AvgIpc) is 2.39. The molecule has 76 valence electrons. The Balaban J connectivity index is 1.75. The molecule has 3 heteroatoms. The summed E-state index contributed by atoms with van der Waals surface area (Å²) in [6.45, 7) is 2.88. The summed E-state index contributed by atoms with van der Waals surface area (Å²) in [5.41, 5.74) is 0. The first-order valence-electron chi connectivity index (χ1n) is 5.23. The third-order valence-electron chi connectivity index (χ3n) is 3.36. The molecule has 1 heterocycles. The summed E-state index contributed by atoms with van der Waals surface area (Å²) < 4.78 is 5.20. The van der Waals surface area contributed by atoms with Crippen LogP contribution in [-0.2, 0) is 4.74 Å². The number of nitrogens with zero attached hydrogens (tertiary/aromatic N) is 1. The van der Waals surface area contributed by atoms with Crippen molar-refractivity contribution >= 4 is 0 Å².